The first-order valence-corrected chi connectivity index (χ1v) is 10.3. The molecule has 1 heterocycles. The summed E-state index contributed by atoms with van der Waals surface area (Å²) >= 11 is 10.2. The van der Waals surface area contributed by atoms with E-state index >= 15 is 0 Å². The Hall–Kier alpha value is -2.50. The molecular weight excluding hydrogens is 570 g/mol. The lowest BCUT2D eigenvalue weighted by Crippen LogP contribution is -2.03. The zero-order valence-electron chi connectivity index (χ0n) is 14.4. The van der Waals surface area contributed by atoms with Crippen molar-refractivity contribution in [2.45, 2.75) is 6.61 Å². The van der Waals surface area contributed by atoms with Crippen LogP contribution in [0.4, 0.5) is 11.6 Å². The Morgan fingerprint density at radius 3 is 2.24 bits per heavy atom. The van der Waals surface area contributed by atoms with E-state index in [9.17, 15) is 10.4 Å². The second kappa shape index (κ2) is 9.33. The molecule has 0 fully saturated rings. The molecule has 0 aliphatic heterocycles. The van der Waals surface area contributed by atoms with Gasteiger partial charge in [0, 0.05) is 24.0 Å². The molecule has 0 aliphatic carbocycles. The molecule has 3 aromatic rings. The van der Waals surface area contributed by atoms with Crippen molar-refractivity contribution in [2.24, 2.45) is 0 Å². The number of aromatic nitrogens is 2. The highest BCUT2D eigenvalue weighted by Gasteiger charge is 2.20. The molecule has 0 aliphatic rings. The van der Waals surface area contributed by atoms with Crippen molar-refractivity contribution in [3.05, 3.63) is 66.8 Å². The van der Waals surface area contributed by atoms with E-state index in [4.69, 9.17) is 10.00 Å². The van der Waals surface area contributed by atoms with Gasteiger partial charge in [0.2, 0.25) is 5.95 Å². The number of anilines is 2. The van der Waals surface area contributed by atoms with Gasteiger partial charge in [-0.15, -0.1) is 0 Å². The fraction of sp³-hybridized carbons (Fsp3) is 0.0526. The van der Waals surface area contributed by atoms with Crippen molar-refractivity contribution in [3.63, 3.8) is 0 Å². The Bertz CT molecular complexity index is 1130. The van der Waals surface area contributed by atoms with E-state index in [1.165, 1.54) is 0 Å². The lowest BCUT2D eigenvalue weighted by molar-refractivity contribution is 0.280. The average Bonchev–Trinajstić information content (AvgIpc) is 2.72. The molecule has 0 amide bonds. The summed E-state index contributed by atoms with van der Waals surface area (Å²) in [5, 5.41) is 31.5. The number of halogens is 3. The van der Waals surface area contributed by atoms with Crippen LogP contribution in [0.25, 0.3) is 0 Å². The number of hydrogen-bond acceptors (Lipinski definition) is 7. The van der Waals surface area contributed by atoms with E-state index < -0.39 is 0 Å². The van der Waals surface area contributed by atoms with E-state index in [0.717, 1.165) is 0 Å². The number of aliphatic hydroxyl groups is 1. The molecule has 1 aromatic heterocycles. The van der Waals surface area contributed by atoms with Crippen molar-refractivity contribution in [2.75, 3.05) is 5.32 Å². The van der Waals surface area contributed by atoms with Crippen LogP contribution in [0, 0.1) is 22.7 Å². The molecule has 7 nitrogen and oxygen atoms in total. The largest absolute Gasteiger partial charge is 0.454 e. The summed E-state index contributed by atoms with van der Waals surface area (Å²) in [5.41, 5.74) is 1.41. The monoisotopic (exact) mass is 577 g/mol. The maximum absolute atomic E-state index is 9.84. The lowest BCUT2D eigenvalue weighted by Gasteiger charge is -2.17. The summed E-state index contributed by atoms with van der Waals surface area (Å²) in [6.07, 6.45) is 3.13. The van der Waals surface area contributed by atoms with Crippen molar-refractivity contribution >= 4 is 59.4 Å². The number of nitrogens with zero attached hydrogens (tertiary/aromatic N) is 4. The van der Waals surface area contributed by atoms with Gasteiger partial charge in [-0.25, -0.2) is 9.97 Å². The number of nitriles is 2. The summed E-state index contributed by atoms with van der Waals surface area (Å²) in [7, 11) is 0. The van der Waals surface area contributed by atoms with Crippen LogP contribution in [-0.2, 0) is 6.61 Å². The summed E-state index contributed by atoms with van der Waals surface area (Å²) in [6.45, 7) is -0.388. The Morgan fingerprint density at radius 2 is 1.69 bits per heavy atom. The fourth-order valence-corrected chi connectivity index (χ4v) is 4.32. The number of ether oxygens (including phenoxy) is 1. The van der Waals surface area contributed by atoms with Crippen LogP contribution >= 0.6 is 47.8 Å². The van der Waals surface area contributed by atoms with Crippen LogP contribution in [0.1, 0.15) is 16.7 Å². The van der Waals surface area contributed by atoms with Gasteiger partial charge < -0.3 is 15.2 Å². The Kier molecular flexibility index (Phi) is 6.83. The van der Waals surface area contributed by atoms with Crippen LogP contribution in [0.3, 0.4) is 0 Å². The Balaban J connectivity index is 2.11. The number of benzene rings is 2. The zero-order chi connectivity index (χ0) is 21.0. The third-order valence-corrected chi connectivity index (χ3v) is 5.80. The maximum atomic E-state index is 9.84. The summed E-state index contributed by atoms with van der Waals surface area (Å²) < 4.78 is 7.59. The van der Waals surface area contributed by atoms with Crippen molar-refractivity contribution < 1.29 is 9.84 Å². The van der Waals surface area contributed by atoms with Crippen LogP contribution in [0.15, 0.2) is 50.1 Å². The minimum Gasteiger partial charge on any atom is -0.454 e. The standard InChI is InChI=1S/C19H10Br3N5O2/c20-13-4-10(7-23)5-14(21)18(13)29-16-6-15(27-19-25-2-1-3-26-19)11(8-24)12(9-28)17(16)22/h1-6,28H,9H2,(H,25,26,27). The van der Waals surface area contributed by atoms with Crippen molar-refractivity contribution in [3.8, 4) is 23.6 Å². The zero-order valence-corrected chi connectivity index (χ0v) is 19.2. The molecule has 2 N–H and O–H groups in total. The molecule has 10 heteroatoms. The minimum atomic E-state index is -0.388. The van der Waals surface area contributed by atoms with Gasteiger partial charge in [0.25, 0.3) is 0 Å². The molecule has 0 spiro atoms. The topological polar surface area (TPSA) is 115 Å². The van der Waals surface area contributed by atoms with E-state index in [2.05, 4.69) is 75.2 Å². The normalized spacial score (nSPS) is 10.1. The summed E-state index contributed by atoms with van der Waals surface area (Å²) in [4.78, 5) is 8.19. The van der Waals surface area contributed by atoms with Gasteiger partial charge >= 0.3 is 0 Å². The van der Waals surface area contributed by atoms with E-state index in [1.807, 2.05) is 0 Å². The third-order valence-electron chi connectivity index (χ3n) is 3.75. The number of aliphatic hydroxyl groups excluding tert-OH is 1. The smallest absolute Gasteiger partial charge is 0.227 e. The number of rotatable bonds is 5. The molecule has 3 rings (SSSR count). The summed E-state index contributed by atoms with van der Waals surface area (Å²) in [6, 6.07) is 10.7. The van der Waals surface area contributed by atoms with Gasteiger partial charge in [0.15, 0.2) is 5.75 Å². The molecule has 2 aromatic carbocycles. The minimum absolute atomic E-state index is 0.233. The molecule has 0 radical (unpaired) electrons. The Morgan fingerprint density at radius 1 is 1.03 bits per heavy atom. The second-order valence-electron chi connectivity index (χ2n) is 5.54. The second-order valence-corrected chi connectivity index (χ2v) is 8.04. The Labute approximate surface area is 191 Å². The van der Waals surface area contributed by atoms with Crippen LogP contribution < -0.4 is 10.1 Å². The number of nitrogens with one attached hydrogen (secondary N) is 1. The van der Waals surface area contributed by atoms with E-state index in [0.29, 0.717) is 47.7 Å². The molecule has 29 heavy (non-hydrogen) atoms. The van der Waals surface area contributed by atoms with Gasteiger partial charge in [0.05, 0.1) is 42.9 Å². The SMILES string of the molecule is N#Cc1cc(Br)c(Oc2cc(Nc3ncccn3)c(C#N)c(CO)c2Br)c(Br)c1. The first-order chi connectivity index (χ1) is 14.0. The summed E-state index contributed by atoms with van der Waals surface area (Å²) in [5.74, 6) is 1.07. The number of hydrogen-bond donors (Lipinski definition) is 2. The molecule has 0 saturated carbocycles. The molecule has 0 atom stereocenters. The molecule has 144 valence electrons. The highest BCUT2D eigenvalue weighted by Crippen LogP contribution is 2.43. The molecule has 0 saturated heterocycles. The van der Waals surface area contributed by atoms with Crippen LogP contribution in [0.5, 0.6) is 11.5 Å². The van der Waals surface area contributed by atoms with Crippen LogP contribution in [0.2, 0.25) is 0 Å². The van der Waals surface area contributed by atoms with Crippen molar-refractivity contribution in [1.29, 1.82) is 10.5 Å². The van der Waals surface area contributed by atoms with Gasteiger partial charge in [0.1, 0.15) is 11.8 Å². The lowest BCUT2D eigenvalue weighted by atomic mass is 10.1. The van der Waals surface area contributed by atoms with Gasteiger partial charge in [-0.05, 0) is 66.0 Å². The maximum Gasteiger partial charge on any atom is 0.227 e. The van der Waals surface area contributed by atoms with Crippen LogP contribution in [-0.4, -0.2) is 15.1 Å². The van der Waals surface area contributed by atoms with Gasteiger partial charge in [-0.1, -0.05) is 0 Å². The molecular formula is C19H10Br3N5O2. The van der Waals surface area contributed by atoms with E-state index in [-0.39, 0.29) is 12.2 Å². The third kappa shape index (κ3) is 4.57. The highest BCUT2D eigenvalue weighted by molar-refractivity contribution is 9.11. The predicted molar refractivity (Wildman–Crippen MR) is 117 cm³/mol. The fourth-order valence-electron chi connectivity index (χ4n) is 2.45. The quantitative estimate of drug-likeness (QED) is 0.408. The average molecular weight is 580 g/mol. The highest BCUT2D eigenvalue weighted by atomic mass is 79.9. The molecule has 0 bridgehead atoms. The van der Waals surface area contributed by atoms with Gasteiger partial charge in [-0.3, -0.25) is 0 Å². The van der Waals surface area contributed by atoms with Gasteiger partial charge in [-0.2, -0.15) is 10.5 Å². The molecule has 0 unspecified atom stereocenters. The first-order valence-electron chi connectivity index (χ1n) is 7.95. The first kappa shape index (κ1) is 21.2. The predicted octanol–water partition coefficient (Wildman–Crippen LogP) is 5.54. The van der Waals surface area contributed by atoms with E-state index in [1.54, 1.807) is 36.7 Å². The van der Waals surface area contributed by atoms with Crippen molar-refractivity contribution in [1.82, 2.24) is 9.97 Å².